The Bertz CT molecular complexity index is 2520. The van der Waals surface area contributed by atoms with Crippen molar-refractivity contribution in [1.29, 1.82) is 0 Å². The summed E-state index contributed by atoms with van der Waals surface area (Å²) in [6.07, 6.45) is 0.375. The van der Waals surface area contributed by atoms with Crippen LogP contribution in [0.25, 0.3) is 32.5 Å². The molecule has 0 bridgehead atoms. The van der Waals surface area contributed by atoms with Crippen molar-refractivity contribution < 1.29 is 30.7 Å². The third kappa shape index (κ3) is 5.61. The van der Waals surface area contributed by atoms with Crippen molar-refractivity contribution in [1.82, 2.24) is 19.6 Å². The third-order valence-electron chi connectivity index (χ3n) is 7.95. The van der Waals surface area contributed by atoms with E-state index in [0.29, 0.717) is 64.8 Å². The zero-order chi connectivity index (χ0) is 35.4. The number of fused-ring (bicyclic) bond motifs is 6. The third-order valence-corrected chi connectivity index (χ3v) is 14.0. The standard InChI is InChI=1S/C29H16Cl4N6O7S4/c30-13-1-3-19(17(32)9-13)38-23-15(5-11-7-21(47-25(11)23)49(41,42)43)27(36-38)34-29(40)35-28-16-6-12-8-22(50(44,45)46)48-26(12)24(16)39(37-28)20-4-2-14(31)10-18(20)33/h1-4,7-10H,5-6H2,(H,41,42,43)(H,44,45,46)(H2,34,35,36,37,40). The topological polar surface area (TPSA) is 186 Å². The number of hydrogen-bond acceptors (Lipinski definition) is 9. The van der Waals surface area contributed by atoms with Gasteiger partial charge in [0.2, 0.25) is 0 Å². The zero-order valence-electron chi connectivity index (χ0n) is 24.4. The van der Waals surface area contributed by atoms with E-state index in [9.17, 15) is 30.7 Å². The average molecular weight is 831 g/mol. The molecular weight excluding hydrogens is 814 g/mol. The molecule has 2 aliphatic carbocycles. The number of anilines is 2. The minimum atomic E-state index is -4.47. The summed E-state index contributed by atoms with van der Waals surface area (Å²) in [6.45, 7) is 0. The van der Waals surface area contributed by atoms with Crippen LogP contribution < -0.4 is 10.6 Å². The van der Waals surface area contributed by atoms with Crippen LogP contribution in [-0.2, 0) is 33.1 Å². The molecule has 2 aliphatic rings. The van der Waals surface area contributed by atoms with Crippen LogP contribution in [-0.4, -0.2) is 51.5 Å². The van der Waals surface area contributed by atoms with Gasteiger partial charge in [-0.25, -0.2) is 14.2 Å². The largest absolute Gasteiger partial charge is 0.326 e. The Labute approximate surface area is 310 Å². The van der Waals surface area contributed by atoms with E-state index < -0.39 is 26.3 Å². The molecule has 4 aromatic heterocycles. The number of carbonyl (C=O) groups is 1. The highest BCUT2D eigenvalue weighted by atomic mass is 35.5. The first-order chi connectivity index (χ1) is 23.6. The molecular formula is C29H16Cl4N6O7S4. The maximum absolute atomic E-state index is 13.7. The van der Waals surface area contributed by atoms with E-state index in [1.807, 2.05) is 0 Å². The van der Waals surface area contributed by atoms with E-state index in [0.717, 1.165) is 22.7 Å². The van der Waals surface area contributed by atoms with Crippen molar-refractivity contribution in [3.63, 3.8) is 0 Å². The van der Waals surface area contributed by atoms with Crippen molar-refractivity contribution in [3.8, 4) is 32.5 Å². The number of hydrogen-bond donors (Lipinski definition) is 4. The van der Waals surface area contributed by atoms with E-state index in [-0.39, 0.29) is 42.9 Å². The van der Waals surface area contributed by atoms with Gasteiger partial charge in [0.25, 0.3) is 0 Å². The molecule has 0 atom stereocenters. The average Bonchev–Trinajstić information content (AvgIpc) is 3.82. The van der Waals surface area contributed by atoms with Crippen molar-refractivity contribution in [3.05, 3.63) is 90.9 Å². The van der Waals surface area contributed by atoms with Crippen molar-refractivity contribution in [2.24, 2.45) is 0 Å². The van der Waals surface area contributed by atoms with Gasteiger partial charge in [-0.2, -0.15) is 16.8 Å². The van der Waals surface area contributed by atoms with Crippen LogP contribution in [0.15, 0.2) is 56.9 Å². The van der Waals surface area contributed by atoms with Crippen molar-refractivity contribution in [2.45, 2.75) is 21.3 Å². The summed E-state index contributed by atoms with van der Waals surface area (Å²) in [4.78, 5) is 14.7. The number of thiophene rings is 2. The molecule has 6 aromatic rings. The Balaban J connectivity index is 1.19. The number of urea groups is 1. The van der Waals surface area contributed by atoms with Gasteiger partial charge in [0.1, 0.15) is 8.42 Å². The summed E-state index contributed by atoms with van der Waals surface area (Å²) in [6, 6.07) is 11.5. The predicted octanol–water partition coefficient (Wildman–Crippen LogP) is 8.07. The van der Waals surface area contributed by atoms with Gasteiger partial charge in [0.05, 0.1) is 42.6 Å². The van der Waals surface area contributed by atoms with Crippen LogP contribution in [0.4, 0.5) is 16.4 Å². The molecule has 0 radical (unpaired) electrons. The van der Waals surface area contributed by atoms with Gasteiger partial charge in [-0.15, -0.1) is 32.9 Å². The Morgan fingerprint density at radius 2 is 1.08 bits per heavy atom. The molecule has 2 amide bonds. The molecule has 0 aliphatic heterocycles. The van der Waals surface area contributed by atoms with Gasteiger partial charge >= 0.3 is 26.3 Å². The number of nitrogens with zero attached hydrogens (tertiary/aromatic N) is 4. The van der Waals surface area contributed by atoms with E-state index in [2.05, 4.69) is 20.8 Å². The molecule has 0 fully saturated rings. The Hall–Kier alpha value is -3.49. The lowest BCUT2D eigenvalue weighted by molar-refractivity contribution is 0.262. The number of carbonyl (C=O) groups excluding carboxylic acids is 1. The SMILES string of the molecule is O=C(Nc1nn(-c2ccc(Cl)cc2Cl)c2c1Cc1cc(S(=O)(=O)O)sc1-2)Nc1nn(-c2ccc(Cl)cc2Cl)c2c1Cc1cc(S(=O)(=O)O)sc1-2. The van der Waals surface area contributed by atoms with E-state index in [1.165, 1.54) is 33.6 Å². The summed E-state index contributed by atoms with van der Waals surface area (Å²) >= 11 is 27.0. The number of rotatable bonds is 6. The maximum Gasteiger partial charge on any atom is 0.326 e. The minimum Gasteiger partial charge on any atom is -0.290 e. The van der Waals surface area contributed by atoms with Gasteiger partial charge in [-0.05, 0) is 59.7 Å². The molecule has 21 heteroatoms. The Kier molecular flexibility index (Phi) is 7.92. The normalized spacial score (nSPS) is 13.2. The molecule has 0 unspecified atom stereocenters. The van der Waals surface area contributed by atoms with Crippen LogP contribution in [0, 0.1) is 0 Å². The zero-order valence-corrected chi connectivity index (χ0v) is 30.7. The second-order valence-corrected chi connectivity index (χ2v) is 18.2. The second kappa shape index (κ2) is 11.8. The first-order valence-electron chi connectivity index (χ1n) is 14.0. The Morgan fingerprint density at radius 3 is 1.44 bits per heavy atom. The molecule has 50 heavy (non-hydrogen) atoms. The molecule has 13 nitrogen and oxygen atoms in total. The molecule has 2 aromatic carbocycles. The minimum absolute atomic E-state index is 0.147. The van der Waals surface area contributed by atoms with Crippen LogP contribution in [0.1, 0.15) is 22.3 Å². The second-order valence-electron chi connectivity index (χ2n) is 11.1. The fourth-order valence-electron chi connectivity index (χ4n) is 5.91. The summed E-state index contributed by atoms with van der Waals surface area (Å²) in [5.41, 5.74) is 4.09. The van der Waals surface area contributed by atoms with Gasteiger partial charge in [-0.1, -0.05) is 46.4 Å². The highest BCUT2D eigenvalue weighted by Gasteiger charge is 2.36. The number of amides is 2. The predicted molar refractivity (Wildman–Crippen MR) is 192 cm³/mol. The van der Waals surface area contributed by atoms with E-state index >= 15 is 0 Å². The quantitative estimate of drug-likeness (QED) is 0.120. The number of aromatic nitrogens is 4. The molecule has 8 rings (SSSR count). The summed E-state index contributed by atoms with van der Waals surface area (Å²) < 4.78 is 69.5. The molecule has 0 saturated carbocycles. The van der Waals surface area contributed by atoms with Crippen molar-refractivity contribution >= 4 is 107 Å². The van der Waals surface area contributed by atoms with Crippen molar-refractivity contribution in [2.75, 3.05) is 10.6 Å². The smallest absolute Gasteiger partial charge is 0.290 e. The molecule has 4 heterocycles. The molecule has 0 spiro atoms. The van der Waals surface area contributed by atoms with E-state index in [4.69, 9.17) is 46.4 Å². The van der Waals surface area contributed by atoms with Gasteiger partial charge in [-0.3, -0.25) is 19.7 Å². The Morgan fingerprint density at radius 1 is 0.680 bits per heavy atom. The molecule has 4 N–H and O–H groups in total. The number of halogens is 4. The summed E-state index contributed by atoms with van der Waals surface area (Å²) in [7, 11) is -8.95. The molecule has 256 valence electrons. The molecule has 0 saturated heterocycles. The van der Waals surface area contributed by atoms with Gasteiger partial charge in [0, 0.05) is 34.0 Å². The fourth-order valence-corrected chi connectivity index (χ4v) is 10.8. The van der Waals surface area contributed by atoms with Gasteiger partial charge in [0.15, 0.2) is 11.6 Å². The lowest BCUT2D eigenvalue weighted by Crippen LogP contribution is -2.21. The van der Waals surface area contributed by atoms with Crippen LogP contribution in [0.5, 0.6) is 0 Å². The number of nitrogens with one attached hydrogen (secondary N) is 2. The van der Waals surface area contributed by atoms with Crippen LogP contribution in [0.3, 0.4) is 0 Å². The van der Waals surface area contributed by atoms with Gasteiger partial charge < -0.3 is 0 Å². The summed E-state index contributed by atoms with van der Waals surface area (Å²) in [5, 5.41) is 16.0. The first kappa shape index (κ1) is 33.6. The number of benzene rings is 2. The summed E-state index contributed by atoms with van der Waals surface area (Å²) in [5.74, 6) is 0.295. The van der Waals surface area contributed by atoms with Crippen LogP contribution in [0.2, 0.25) is 20.1 Å². The van der Waals surface area contributed by atoms with Crippen LogP contribution >= 0.6 is 69.1 Å². The fraction of sp³-hybridized carbons (Fsp3) is 0.0690. The monoisotopic (exact) mass is 828 g/mol. The van der Waals surface area contributed by atoms with E-state index in [1.54, 1.807) is 24.3 Å². The first-order valence-corrected chi connectivity index (χ1v) is 20.0. The highest BCUT2D eigenvalue weighted by molar-refractivity contribution is 7.88. The lowest BCUT2D eigenvalue weighted by Gasteiger charge is -2.09. The lowest BCUT2D eigenvalue weighted by atomic mass is 10.2. The highest BCUT2D eigenvalue weighted by Crippen LogP contribution is 2.49. The maximum atomic E-state index is 13.7.